The van der Waals surface area contributed by atoms with Crippen molar-refractivity contribution in [1.29, 1.82) is 0 Å². The number of ether oxygens (including phenoxy) is 1. The summed E-state index contributed by atoms with van der Waals surface area (Å²) in [5.74, 6) is 2.18. The molecule has 2 aromatic heterocycles. The number of hydrogen-bond acceptors (Lipinski definition) is 6. The van der Waals surface area contributed by atoms with E-state index in [4.69, 9.17) is 9.26 Å². The summed E-state index contributed by atoms with van der Waals surface area (Å²) < 4.78 is 12.6. The van der Waals surface area contributed by atoms with E-state index in [2.05, 4.69) is 20.1 Å². The molecular formula is C14H21N5O2. The third-order valence-corrected chi connectivity index (χ3v) is 4.01. The zero-order valence-electron chi connectivity index (χ0n) is 13.0. The number of likely N-dealkylation sites (tertiary alicyclic amines) is 1. The van der Waals surface area contributed by atoms with Gasteiger partial charge in [0.2, 0.25) is 11.8 Å². The van der Waals surface area contributed by atoms with Gasteiger partial charge in [-0.25, -0.2) is 4.68 Å². The first-order valence-corrected chi connectivity index (χ1v) is 7.21. The molecule has 0 bridgehead atoms. The van der Waals surface area contributed by atoms with E-state index < -0.39 is 0 Å². The smallest absolute Gasteiger partial charge is 0.240 e. The van der Waals surface area contributed by atoms with Crippen LogP contribution in [0.2, 0.25) is 0 Å². The van der Waals surface area contributed by atoms with Crippen LogP contribution < -0.4 is 4.74 Å². The maximum Gasteiger partial charge on any atom is 0.240 e. The summed E-state index contributed by atoms with van der Waals surface area (Å²) in [6.45, 7) is 5.56. The van der Waals surface area contributed by atoms with Crippen LogP contribution in [-0.4, -0.2) is 38.5 Å². The molecule has 1 aliphatic rings. The van der Waals surface area contributed by atoms with Crippen LogP contribution in [0, 0.1) is 13.8 Å². The number of aryl methyl sites for hydroxylation is 3. The van der Waals surface area contributed by atoms with Crippen molar-refractivity contribution < 1.29 is 9.26 Å². The van der Waals surface area contributed by atoms with Gasteiger partial charge in [-0.15, -0.1) is 0 Å². The van der Waals surface area contributed by atoms with E-state index in [1.165, 1.54) is 5.56 Å². The highest BCUT2D eigenvalue weighted by Crippen LogP contribution is 2.39. The molecule has 1 saturated heterocycles. The lowest BCUT2D eigenvalue weighted by Gasteiger charge is -2.23. The largest absolute Gasteiger partial charge is 0.481 e. The van der Waals surface area contributed by atoms with Gasteiger partial charge in [0.15, 0.2) is 5.82 Å². The van der Waals surface area contributed by atoms with Gasteiger partial charge in [-0.3, -0.25) is 4.90 Å². The molecule has 3 rings (SSSR count). The van der Waals surface area contributed by atoms with Crippen LogP contribution >= 0.6 is 0 Å². The molecule has 7 nitrogen and oxygen atoms in total. The molecular weight excluding hydrogens is 270 g/mol. The molecule has 0 N–H and O–H groups in total. The second kappa shape index (κ2) is 5.48. The minimum atomic E-state index is 0.292. The molecule has 114 valence electrons. The number of aromatic nitrogens is 4. The lowest BCUT2D eigenvalue weighted by Crippen LogP contribution is -2.23. The molecule has 2 aromatic rings. The second-order valence-electron chi connectivity index (χ2n) is 5.50. The Bertz CT molecular complexity index is 633. The first-order chi connectivity index (χ1) is 10.1. The van der Waals surface area contributed by atoms with Gasteiger partial charge in [-0.05, 0) is 33.2 Å². The topological polar surface area (TPSA) is 69.2 Å². The Morgan fingerprint density at radius 1 is 1.38 bits per heavy atom. The second-order valence-corrected chi connectivity index (χ2v) is 5.50. The molecule has 0 spiro atoms. The third kappa shape index (κ3) is 2.53. The first kappa shape index (κ1) is 14.1. The molecule has 0 aromatic carbocycles. The van der Waals surface area contributed by atoms with Crippen molar-refractivity contribution in [2.45, 2.75) is 39.3 Å². The fraction of sp³-hybridized carbons (Fsp3) is 0.643. The average Bonchev–Trinajstić information content (AvgIpc) is 3.10. The third-order valence-electron chi connectivity index (χ3n) is 4.01. The Morgan fingerprint density at radius 2 is 2.19 bits per heavy atom. The summed E-state index contributed by atoms with van der Waals surface area (Å²) in [5.41, 5.74) is 2.20. The van der Waals surface area contributed by atoms with E-state index >= 15 is 0 Å². The van der Waals surface area contributed by atoms with E-state index in [-0.39, 0.29) is 0 Å². The van der Waals surface area contributed by atoms with Gasteiger partial charge in [-0.2, -0.15) is 10.1 Å². The molecule has 0 aliphatic carbocycles. The van der Waals surface area contributed by atoms with Crippen LogP contribution in [0.1, 0.15) is 41.9 Å². The minimum absolute atomic E-state index is 0.292. The zero-order chi connectivity index (χ0) is 15.0. The van der Waals surface area contributed by atoms with Crippen molar-refractivity contribution in [3.05, 3.63) is 23.0 Å². The Morgan fingerprint density at radius 3 is 2.86 bits per heavy atom. The zero-order valence-corrected chi connectivity index (χ0v) is 13.0. The highest BCUT2D eigenvalue weighted by molar-refractivity contribution is 5.35. The van der Waals surface area contributed by atoms with Crippen LogP contribution in [0.4, 0.5) is 0 Å². The first-order valence-electron chi connectivity index (χ1n) is 7.21. The van der Waals surface area contributed by atoms with Crippen LogP contribution in [-0.2, 0) is 13.6 Å². The number of rotatable bonds is 4. The van der Waals surface area contributed by atoms with Gasteiger partial charge in [0, 0.05) is 13.1 Å². The Balaban J connectivity index is 1.87. The number of hydrogen-bond donors (Lipinski definition) is 0. The van der Waals surface area contributed by atoms with Crippen LogP contribution in [0.5, 0.6) is 5.88 Å². The quantitative estimate of drug-likeness (QED) is 0.855. The molecule has 0 saturated carbocycles. The van der Waals surface area contributed by atoms with E-state index in [0.717, 1.165) is 31.0 Å². The van der Waals surface area contributed by atoms with Crippen LogP contribution in [0.15, 0.2) is 4.52 Å². The van der Waals surface area contributed by atoms with E-state index in [1.807, 2.05) is 20.9 Å². The fourth-order valence-electron chi connectivity index (χ4n) is 3.20. The van der Waals surface area contributed by atoms with Crippen molar-refractivity contribution in [3.63, 3.8) is 0 Å². The van der Waals surface area contributed by atoms with E-state index in [0.29, 0.717) is 24.3 Å². The summed E-state index contributed by atoms with van der Waals surface area (Å²) in [6.07, 6.45) is 2.24. The van der Waals surface area contributed by atoms with Crippen LogP contribution in [0.25, 0.3) is 0 Å². The van der Waals surface area contributed by atoms with Gasteiger partial charge in [0.1, 0.15) is 0 Å². The lowest BCUT2D eigenvalue weighted by molar-refractivity contribution is 0.208. The van der Waals surface area contributed by atoms with Gasteiger partial charge in [-0.1, -0.05) is 5.16 Å². The van der Waals surface area contributed by atoms with E-state index in [1.54, 1.807) is 11.8 Å². The van der Waals surface area contributed by atoms with Gasteiger partial charge in [0.05, 0.1) is 24.9 Å². The monoisotopic (exact) mass is 291 g/mol. The molecule has 0 radical (unpaired) electrons. The summed E-state index contributed by atoms with van der Waals surface area (Å²) in [6, 6.07) is 0.292. The van der Waals surface area contributed by atoms with E-state index in [9.17, 15) is 0 Å². The Kier molecular flexibility index (Phi) is 3.67. The maximum absolute atomic E-state index is 5.53. The molecule has 7 heteroatoms. The highest BCUT2D eigenvalue weighted by atomic mass is 16.5. The molecule has 3 heterocycles. The van der Waals surface area contributed by atoms with Gasteiger partial charge < -0.3 is 9.26 Å². The standard InChI is InChI=1S/C14H21N5O2/c1-9-13(14(20-4)18(3)16-9)11-6-5-7-19(11)8-12-15-10(2)17-21-12/h11H,5-8H2,1-4H3/t11-/m0/s1. The van der Waals surface area contributed by atoms with Crippen molar-refractivity contribution in [2.75, 3.05) is 13.7 Å². The molecule has 1 aliphatic heterocycles. The molecule has 0 unspecified atom stereocenters. The van der Waals surface area contributed by atoms with Gasteiger partial charge in [0.25, 0.3) is 0 Å². The summed E-state index contributed by atoms with van der Waals surface area (Å²) >= 11 is 0. The molecule has 0 amide bonds. The van der Waals surface area contributed by atoms with Crippen molar-refractivity contribution >= 4 is 0 Å². The lowest BCUT2D eigenvalue weighted by atomic mass is 10.1. The summed E-state index contributed by atoms with van der Waals surface area (Å²) in [4.78, 5) is 6.66. The minimum Gasteiger partial charge on any atom is -0.481 e. The molecule has 1 fully saturated rings. The van der Waals surface area contributed by atoms with Crippen LogP contribution in [0.3, 0.4) is 0 Å². The maximum atomic E-state index is 5.53. The predicted molar refractivity (Wildman–Crippen MR) is 75.9 cm³/mol. The summed E-state index contributed by atoms with van der Waals surface area (Å²) in [7, 11) is 3.61. The number of nitrogens with zero attached hydrogens (tertiary/aromatic N) is 5. The summed E-state index contributed by atoms with van der Waals surface area (Å²) in [5, 5.41) is 8.34. The normalized spacial score (nSPS) is 19.3. The highest BCUT2D eigenvalue weighted by Gasteiger charge is 2.33. The van der Waals surface area contributed by atoms with Crippen molar-refractivity contribution in [3.8, 4) is 5.88 Å². The van der Waals surface area contributed by atoms with Crippen molar-refractivity contribution in [1.82, 2.24) is 24.8 Å². The Hall–Kier alpha value is -1.89. The predicted octanol–water partition coefficient (Wildman–Crippen LogP) is 1.77. The van der Waals surface area contributed by atoms with Crippen molar-refractivity contribution in [2.24, 2.45) is 7.05 Å². The SMILES string of the molecule is COc1c([C@@H]2CCCN2Cc2nc(C)no2)c(C)nn1C. The number of methoxy groups -OCH3 is 1. The molecule has 21 heavy (non-hydrogen) atoms. The van der Waals surface area contributed by atoms with Gasteiger partial charge >= 0.3 is 0 Å². The average molecular weight is 291 g/mol. The Labute approximate surface area is 123 Å². The molecule has 1 atom stereocenters. The fourth-order valence-corrected chi connectivity index (χ4v) is 3.20.